The van der Waals surface area contributed by atoms with Crippen LogP contribution in [0, 0.1) is 0 Å². The summed E-state index contributed by atoms with van der Waals surface area (Å²) in [6.45, 7) is 3.99. The van der Waals surface area contributed by atoms with Gasteiger partial charge in [0, 0.05) is 5.57 Å². The first-order valence-electron chi connectivity index (χ1n) is 11.9. The van der Waals surface area contributed by atoms with Gasteiger partial charge in [0.05, 0.1) is 13.2 Å². The fraction of sp³-hybridized carbons (Fsp3) is 0.654. The first kappa shape index (κ1) is 27.2. The number of hydrogen-bond donors (Lipinski definition) is 2. The highest BCUT2D eigenvalue weighted by Crippen LogP contribution is 2.16. The molecule has 31 heavy (non-hydrogen) atoms. The second-order valence-corrected chi connectivity index (χ2v) is 8.22. The summed E-state index contributed by atoms with van der Waals surface area (Å²) < 4.78 is 10.7. The Bertz CT molecular complexity index is 609. The Morgan fingerprint density at radius 1 is 0.935 bits per heavy atom. The Kier molecular flexibility index (Phi) is 15.6. The average molecular weight is 435 g/mol. The Morgan fingerprint density at radius 3 is 2.03 bits per heavy atom. The van der Waals surface area contributed by atoms with Crippen LogP contribution in [0.1, 0.15) is 90.0 Å². The number of aliphatic hydroxyl groups excluding tert-OH is 2. The lowest BCUT2D eigenvalue weighted by Crippen LogP contribution is -2.22. The minimum atomic E-state index is -1.05. The number of unbranched alkanes of at least 4 members (excludes halogenated alkanes) is 10. The summed E-state index contributed by atoms with van der Waals surface area (Å²) in [7, 11) is 0. The molecule has 0 bridgehead atoms. The molecule has 0 saturated carbocycles. The van der Waals surface area contributed by atoms with Crippen LogP contribution in [0.25, 0.3) is 6.08 Å². The van der Waals surface area contributed by atoms with Crippen molar-refractivity contribution in [3.8, 4) is 5.75 Å². The van der Waals surface area contributed by atoms with Crippen molar-refractivity contribution >= 4 is 12.0 Å². The van der Waals surface area contributed by atoms with Crippen molar-refractivity contribution in [3.63, 3.8) is 0 Å². The minimum absolute atomic E-state index is 0.216. The van der Waals surface area contributed by atoms with Crippen molar-refractivity contribution in [1.29, 1.82) is 0 Å². The highest BCUT2D eigenvalue weighted by atomic mass is 16.5. The molecule has 1 atom stereocenters. The summed E-state index contributed by atoms with van der Waals surface area (Å²) in [5, 5.41) is 18.0. The molecule has 0 radical (unpaired) electrons. The van der Waals surface area contributed by atoms with Crippen molar-refractivity contribution in [2.45, 2.75) is 90.6 Å². The fourth-order valence-electron chi connectivity index (χ4n) is 3.26. The summed E-state index contributed by atoms with van der Waals surface area (Å²) in [6, 6.07) is 7.60. The van der Waals surface area contributed by atoms with Crippen molar-refractivity contribution in [2.75, 3.05) is 19.8 Å². The van der Waals surface area contributed by atoms with E-state index in [9.17, 15) is 9.90 Å². The lowest BCUT2D eigenvalue weighted by molar-refractivity contribution is -0.142. The number of rotatable bonds is 18. The smallest absolute Gasteiger partial charge is 0.333 e. The van der Waals surface area contributed by atoms with E-state index in [1.165, 1.54) is 64.2 Å². The molecule has 0 aliphatic carbocycles. The molecule has 2 N–H and O–H groups in total. The summed E-state index contributed by atoms with van der Waals surface area (Å²) in [6.07, 6.45) is 15.2. The SMILES string of the molecule is CCCCCCCCCCCCCOc1ccc(/C=C(\C)C(=O)OCC(O)CO)cc1. The maximum Gasteiger partial charge on any atom is 0.333 e. The van der Waals surface area contributed by atoms with Crippen molar-refractivity contribution in [1.82, 2.24) is 0 Å². The Hall–Kier alpha value is -1.85. The van der Waals surface area contributed by atoms with E-state index >= 15 is 0 Å². The summed E-state index contributed by atoms with van der Waals surface area (Å²) in [4.78, 5) is 11.9. The molecule has 0 aliphatic rings. The van der Waals surface area contributed by atoms with E-state index < -0.39 is 18.7 Å². The number of esters is 1. The van der Waals surface area contributed by atoms with Gasteiger partial charge in [-0.15, -0.1) is 0 Å². The number of carbonyl (C=O) groups excluding carboxylic acids is 1. The van der Waals surface area contributed by atoms with E-state index in [1.54, 1.807) is 13.0 Å². The molecule has 0 amide bonds. The van der Waals surface area contributed by atoms with Crippen molar-refractivity contribution in [3.05, 3.63) is 35.4 Å². The van der Waals surface area contributed by atoms with Crippen LogP contribution in [-0.2, 0) is 9.53 Å². The monoisotopic (exact) mass is 434 g/mol. The minimum Gasteiger partial charge on any atom is -0.494 e. The van der Waals surface area contributed by atoms with Crippen molar-refractivity contribution in [2.24, 2.45) is 0 Å². The Morgan fingerprint density at radius 2 is 1.48 bits per heavy atom. The normalized spacial score (nSPS) is 12.6. The fourth-order valence-corrected chi connectivity index (χ4v) is 3.26. The Balaban J connectivity index is 2.14. The van der Waals surface area contributed by atoms with E-state index in [-0.39, 0.29) is 6.61 Å². The molecule has 1 aromatic carbocycles. The molecular weight excluding hydrogens is 392 g/mol. The van der Waals surface area contributed by atoms with Crippen molar-refractivity contribution < 1.29 is 24.5 Å². The van der Waals surface area contributed by atoms with E-state index in [4.69, 9.17) is 14.6 Å². The molecule has 1 rings (SSSR count). The number of carbonyl (C=O) groups is 1. The molecule has 0 saturated heterocycles. The molecule has 5 heteroatoms. The zero-order valence-electron chi connectivity index (χ0n) is 19.5. The van der Waals surface area contributed by atoms with E-state index in [0.717, 1.165) is 24.3 Å². The van der Waals surface area contributed by atoms with Gasteiger partial charge in [-0.2, -0.15) is 0 Å². The first-order chi connectivity index (χ1) is 15.1. The number of benzene rings is 1. The molecule has 0 fully saturated rings. The third kappa shape index (κ3) is 13.9. The lowest BCUT2D eigenvalue weighted by Gasteiger charge is -2.09. The Labute approximate surface area is 188 Å². The predicted molar refractivity (Wildman–Crippen MR) is 126 cm³/mol. The second-order valence-electron chi connectivity index (χ2n) is 8.22. The number of ether oxygens (including phenoxy) is 2. The topological polar surface area (TPSA) is 76.0 Å². The second kappa shape index (κ2) is 17.8. The zero-order chi connectivity index (χ0) is 22.7. The summed E-state index contributed by atoms with van der Waals surface area (Å²) in [5.74, 6) is 0.319. The third-order valence-corrected chi connectivity index (χ3v) is 5.22. The van der Waals surface area contributed by atoms with Gasteiger partial charge in [0.25, 0.3) is 0 Å². The first-order valence-corrected chi connectivity index (χ1v) is 11.9. The summed E-state index contributed by atoms with van der Waals surface area (Å²) >= 11 is 0. The molecular formula is C26H42O5. The van der Waals surface area contributed by atoms with Gasteiger partial charge in [0.15, 0.2) is 0 Å². The van der Waals surface area contributed by atoms with E-state index in [2.05, 4.69) is 6.92 Å². The number of aliphatic hydroxyl groups is 2. The van der Waals surface area contributed by atoms with Gasteiger partial charge < -0.3 is 19.7 Å². The molecule has 0 spiro atoms. The van der Waals surface area contributed by atoms with Crippen LogP contribution in [0.2, 0.25) is 0 Å². The maximum absolute atomic E-state index is 11.9. The average Bonchev–Trinajstić information content (AvgIpc) is 2.78. The van der Waals surface area contributed by atoms with Gasteiger partial charge in [-0.05, 0) is 37.1 Å². The zero-order valence-corrected chi connectivity index (χ0v) is 19.5. The molecule has 1 aromatic rings. The standard InChI is InChI=1S/C26H42O5/c1-3-4-5-6-7-8-9-10-11-12-13-18-30-25-16-14-23(15-17-25)19-22(2)26(29)31-21-24(28)20-27/h14-17,19,24,27-28H,3-13,18,20-21H2,1-2H3/b22-19+. The van der Waals surface area contributed by atoms with Gasteiger partial charge in [0.1, 0.15) is 18.5 Å². The van der Waals surface area contributed by atoms with Crippen LogP contribution < -0.4 is 4.74 Å². The largest absolute Gasteiger partial charge is 0.494 e. The highest BCUT2D eigenvalue weighted by Gasteiger charge is 2.09. The molecule has 1 unspecified atom stereocenters. The third-order valence-electron chi connectivity index (χ3n) is 5.22. The summed E-state index contributed by atoms with van der Waals surface area (Å²) in [5.41, 5.74) is 1.30. The molecule has 0 aliphatic heterocycles. The van der Waals surface area contributed by atoms with E-state index in [0.29, 0.717) is 5.57 Å². The predicted octanol–water partition coefficient (Wildman–Crippen LogP) is 5.68. The van der Waals surface area contributed by atoms with Crippen LogP contribution >= 0.6 is 0 Å². The van der Waals surface area contributed by atoms with Gasteiger partial charge >= 0.3 is 5.97 Å². The number of hydrogen-bond acceptors (Lipinski definition) is 5. The van der Waals surface area contributed by atoms with Crippen LogP contribution in [0.5, 0.6) is 5.75 Å². The van der Waals surface area contributed by atoms with Gasteiger partial charge in [0.2, 0.25) is 0 Å². The molecule has 0 heterocycles. The molecule has 0 aromatic heterocycles. The highest BCUT2D eigenvalue weighted by molar-refractivity contribution is 5.93. The quantitative estimate of drug-likeness (QED) is 0.177. The molecule has 5 nitrogen and oxygen atoms in total. The van der Waals surface area contributed by atoms with Crippen LogP contribution in [0.15, 0.2) is 29.8 Å². The van der Waals surface area contributed by atoms with Gasteiger partial charge in [-0.25, -0.2) is 4.79 Å². The lowest BCUT2D eigenvalue weighted by atomic mass is 10.1. The van der Waals surface area contributed by atoms with Crippen LogP contribution in [-0.4, -0.2) is 42.1 Å². The van der Waals surface area contributed by atoms with Crippen LogP contribution in [0.3, 0.4) is 0 Å². The van der Waals surface area contributed by atoms with Gasteiger partial charge in [-0.1, -0.05) is 83.3 Å². The van der Waals surface area contributed by atoms with E-state index in [1.807, 2.05) is 24.3 Å². The van der Waals surface area contributed by atoms with Gasteiger partial charge in [-0.3, -0.25) is 0 Å². The van der Waals surface area contributed by atoms with Crippen LogP contribution in [0.4, 0.5) is 0 Å². The molecule has 176 valence electrons. The maximum atomic E-state index is 11.9.